The van der Waals surface area contributed by atoms with Gasteiger partial charge in [0.2, 0.25) is 11.7 Å². The van der Waals surface area contributed by atoms with Crippen LogP contribution in [0.25, 0.3) is 11.4 Å². The topological polar surface area (TPSA) is 85.8 Å². The van der Waals surface area contributed by atoms with E-state index >= 15 is 0 Å². The zero-order valence-electron chi connectivity index (χ0n) is 13.2. The molecule has 2 aromatic heterocycles. The number of carbonyl (C=O) groups excluding carboxylic acids is 1. The van der Waals surface area contributed by atoms with Crippen LogP contribution in [0.2, 0.25) is 0 Å². The molecule has 1 aromatic carbocycles. The molecule has 7 heteroatoms. The molecule has 2 heterocycles. The first-order valence-electron chi connectivity index (χ1n) is 7.21. The van der Waals surface area contributed by atoms with Gasteiger partial charge in [-0.2, -0.15) is 10.1 Å². The summed E-state index contributed by atoms with van der Waals surface area (Å²) in [4.78, 5) is 16.2. The van der Waals surface area contributed by atoms with Gasteiger partial charge in [0.1, 0.15) is 5.69 Å². The number of aryl methyl sites for hydroxylation is 3. The quantitative estimate of drug-likeness (QED) is 0.796. The molecular formula is C16H17N5O2. The predicted octanol–water partition coefficient (Wildman–Crippen LogP) is 2.02. The molecule has 0 saturated carbocycles. The number of carbonyl (C=O) groups is 1. The summed E-state index contributed by atoms with van der Waals surface area (Å²) >= 11 is 0. The highest BCUT2D eigenvalue weighted by molar-refractivity contribution is 5.92. The summed E-state index contributed by atoms with van der Waals surface area (Å²) in [5.74, 6) is 0.899. The molecule has 0 radical (unpaired) electrons. The van der Waals surface area contributed by atoms with Crippen molar-refractivity contribution in [3.05, 3.63) is 53.2 Å². The zero-order valence-corrected chi connectivity index (χ0v) is 13.2. The maximum Gasteiger partial charge on any atom is 0.272 e. The first kappa shape index (κ1) is 15.0. The van der Waals surface area contributed by atoms with Crippen LogP contribution in [0, 0.1) is 13.8 Å². The number of amides is 1. The van der Waals surface area contributed by atoms with Gasteiger partial charge < -0.3 is 9.84 Å². The molecule has 3 aromatic rings. The van der Waals surface area contributed by atoms with Gasteiger partial charge in [-0.3, -0.25) is 9.48 Å². The van der Waals surface area contributed by atoms with E-state index in [1.807, 2.05) is 38.2 Å². The Morgan fingerprint density at radius 2 is 2.00 bits per heavy atom. The fraction of sp³-hybridized carbons (Fsp3) is 0.250. The fourth-order valence-corrected chi connectivity index (χ4v) is 2.13. The second-order valence-corrected chi connectivity index (χ2v) is 5.31. The zero-order chi connectivity index (χ0) is 16.4. The minimum Gasteiger partial charge on any atom is -0.347 e. The Morgan fingerprint density at radius 3 is 2.57 bits per heavy atom. The fourth-order valence-electron chi connectivity index (χ4n) is 2.13. The van der Waals surface area contributed by atoms with Crippen molar-refractivity contribution in [1.29, 1.82) is 0 Å². The number of benzene rings is 1. The Balaban J connectivity index is 1.63. The van der Waals surface area contributed by atoms with E-state index in [4.69, 9.17) is 4.52 Å². The maximum atomic E-state index is 12.1. The molecule has 0 aliphatic heterocycles. The van der Waals surface area contributed by atoms with E-state index in [0.29, 0.717) is 24.0 Å². The third-order valence-corrected chi connectivity index (χ3v) is 3.54. The molecule has 0 spiro atoms. The standard InChI is InChI=1S/C16H17N5O2/c1-10-8-14(19-21(10)3)16(22)17-9-12-4-6-13(7-5-12)15-18-11(2)23-20-15/h4-8H,9H2,1-3H3,(H,17,22). The van der Waals surface area contributed by atoms with Gasteiger partial charge in [-0.05, 0) is 18.6 Å². The molecule has 23 heavy (non-hydrogen) atoms. The highest BCUT2D eigenvalue weighted by atomic mass is 16.5. The second kappa shape index (κ2) is 6.04. The molecule has 0 saturated heterocycles. The Hall–Kier alpha value is -2.96. The van der Waals surface area contributed by atoms with E-state index in [1.165, 1.54) is 0 Å². The summed E-state index contributed by atoms with van der Waals surface area (Å²) < 4.78 is 6.64. The summed E-state index contributed by atoms with van der Waals surface area (Å²) in [6.07, 6.45) is 0. The Bertz CT molecular complexity index is 813. The predicted molar refractivity (Wildman–Crippen MR) is 83.6 cm³/mol. The molecule has 0 atom stereocenters. The highest BCUT2D eigenvalue weighted by Gasteiger charge is 2.11. The number of aromatic nitrogens is 4. The average molecular weight is 311 g/mol. The minimum absolute atomic E-state index is 0.188. The molecule has 0 unspecified atom stereocenters. The number of nitrogens with zero attached hydrogens (tertiary/aromatic N) is 4. The van der Waals surface area contributed by atoms with Gasteiger partial charge in [-0.1, -0.05) is 29.4 Å². The van der Waals surface area contributed by atoms with Gasteiger partial charge >= 0.3 is 0 Å². The number of nitrogens with one attached hydrogen (secondary N) is 1. The van der Waals surface area contributed by atoms with Crippen molar-refractivity contribution in [1.82, 2.24) is 25.2 Å². The van der Waals surface area contributed by atoms with Crippen molar-refractivity contribution in [3.8, 4) is 11.4 Å². The van der Waals surface area contributed by atoms with Crippen molar-refractivity contribution in [2.24, 2.45) is 7.05 Å². The molecule has 1 N–H and O–H groups in total. The van der Waals surface area contributed by atoms with Crippen LogP contribution in [0.5, 0.6) is 0 Å². The van der Waals surface area contributed by atoms with Crippen LogP contribution >= 0.6 is 0 Å². The lowest BCUT2D eigenvalue weighted by Crippen LogP contribution is -2.23. The normalized spacial score (nSPS) is 10.7. The number of rotatable bonds is 4. The number of hydrogen-bond donors (Lipinski definition) is 1. The number of hydrogen-bond acceptors (Lipinski definition) is 5. The maximum absolute atomic E-state index is 12.1. The van der Waals surface area contributed by atoms with Crippen molar-refractivity contribution in [2.75, 3.05) is 0 Å². The van der Waals surface area contributed by atoms with Crippen LogP contribution in [0.15, 0.2) is 34.9 Å². The van der Waals surface area contributed by atoms with E-state index in [-0.39, 0.29) is 5.91 Å². The van der Waals surface area contributed by atoms with Crippen LogP contribution in [0.3, 0.4) is 0 Å². The largest absolute Gasteiger partial charge is 0.347 e. The Labute approximate surface area is 133 Å². The molecule has 0 bridgehead atoms. The summed E-state index contributed by atoms with van der Waals surface area (Å²) in [6.45, 7) is 4.09. The van der Waals surface area contributed by atoms with E-state index in [1.54, 1.807) is 17.7 Å². The minimum atomic E-state index is -0.188. The summed E-state index contributed by atoms with van der Waals surface area (Å²) in [7, 11) is 1.81. The molecule has 7 nitrogen and oxygen atoms in total. The second-order valence-electron chi connectivity index (χ2n) is 5.31. The third kappa shape index (κ3) is 3.28. The molecular weight excluding hydrogens is 294 g/mol. The SMILES string of the molecule is Cc1nc(-c2ccc(CNC(=O)c3cc(C)n(C)n3)cc2)no1. The first-order chi connectivity index (χ1) is 11.0. The van der Waals surface area contributed by atoms with E-state index < -0.39 is 0 Å². The smallest absolute Gasteiger partial charge is 0.272 e. The molecule has 0 fully saturated rings. The van der Waals surface area contributed by atoms with Gasteiger partial charge in [0.25, 0.3) is 5.91 Å². The van der Waals surface area contributed by atoms with Crippen LogP contribution in [-0.2, 0) is 13.6 Å². The van der Waals surface area contributed by atoms with Crippen molar-refractivity contribution in [3.63, 3.8) is 0 Å². The lowest BCUT2D eigenvalue weighted by molar-refractivity contribution is 0.0945. The Kier molecular flexibility index (Phi) is 3.92. The van der Waals surface area contributed by atoms with Crippen LogP contribution < -0.4 is 5.32 Å². The van der Waals surface area contributed by atoms with Gasteiger partial charge in [-0.15, -0.1) is 0 Å². The van der Waals surface area contributed by atoms with Gasteiger partial charge in [-0.25, -0.2) is 0 Å². The summed E-state index contributed by atoms with van der Waals surface area (Å²) in [5.41, 5.74) is 3.21. The molecule has 0 aliphatic rings. The molecule has 1 amide bonds. The lowest BCUT2D eigenvalue weighted by atomic mass is 10.1. The van der Waals surface area contributed by atoms with Crippen LogP contribution in [-0.4, -0.2) is 25.8 Å². The van der Waals surface area contributed by atoms with Crippen molar-refractivity contribution in [2.45, 2.75) is 20.4 Å². The monoisotopic (exact) mass is 311 g/mol. The van der Waals surface area contributed by atoms with E-state index in [9.17, 15) is 4.79 Å². The van der Waals surface area contributed by atoms with Crippen LogP contribution in [0.1, 0.15) is 27.6 Å². The summed E-state index contributed by atoms with van der Waals surface area (Å²) in [5, 5.41) is 10.9. The van der Waals surface area contributed by atoms with Crippen LogP contribution in [0.4, 0.5) is 0 Å². The average Bonchev–Trinajstić information content (AvgIpc) is 3.12. The van der Waals surface area contributed by atoms with Gasteiger partial charge in [0.05, 0.1) is 0 Å². The highest BCUT2D eigenvalue weighted by Crippen LogP contribution is 2.16. The lowest BCUT2D eigenvalue weighted by Gasteiger charge is -2.04. The summed E-state index contributed by atoms with van der Waals surface area (Å²) in [6, 6.07) is 9.40. The Morgan fingerprint density at radius 1 is 1.26 bits per heavy atom. The van der Waals surface area contributed by atoms with E-state index in [2.05, 4.69) is 20.6 Å². The first-order valence-corrected chi connectivity index (χ1v) is 7.21. The van der Waals surface area contributed by atoms with Crippen molar-refractivity contribution < 1.29 is 9.32 Å². The van der Waals surface area contributed by atoms with Crippen molar-refractivity contribution >= 4 is 5.91 Å². The van der Waals surface area contributed by atoms with Gasteiger partial charge in [0.15, 0.2) is 0 Å². The molecule has 0 aliphatic carbocycles. The van der Waals surface area contributed by atoms with Gasteiger partial charge in [0, 0.05) is 31.8 Å². The third-order valence-electron chi connectivity index (χ3n) is 3.54. The molecule has 118 valence electrons. The molecule has 3 rings (SSSR count). The van der Waals surface area contributed by atoms with E-state index in [0.717, 1.165) is 16.8 Å².